The number of allylic oxidation sites excluding steroid dienone is 1. The monoisotopic (exact) mass is 139 g/mol. The average Bonchev–Trinajstić information content (AvgIpc) is 2.40. The van der Waals surface area contributed by atoms with Crippen molar-refractivity contribution in [2.24, 2.45) is 0 Å². The molecule has 0 aromatic heterocycles. The molecule has 0 aromatic carbocycles. The second-order valence-corrected chi connectivity index (χ2v) is 3.12. The first-order valence-corrected chi connectivity index (χ1v) is 4.17. The lowest BCUT2D eigenvalue weighted by Gasteiger charge is -2.13. The molecule has 0 unspecified atom stereocenters. The maximum Gasteiger partial charge on any atom is 0.0189 e. The van der Waals surface area contributed by atoms with Gasteiger partial charge in [-0.25, -0.2) is 0 Å². The standard InChI is InChI=1S/C9H17N/c1-3-9(2)8-10-6-4-5-7-10/h3H,4-8H2,1-2H3/b9-3+. The van der Waals surface area contributed by atoms with Crippen molar-refractivity contribution in [3.63, 3.8) is 0 Å². The number of nitrogens with zero attached hydrogens (tertiary/aromatic N) is 1. The molecule has 1 aliphatic rings. The van der Waals surface area contributed by atoms with Gasteiger partial charge >= 0.3 is 0 Å². The van der Waals surface area contributed by atoms with Crippen molar-refractivity contribution in [1.82, 2.24) is 4.90 Å². The Hall–Kier alpha value is -0.300. The van der Waals surface area contributed by atoms with Crippen LogP contribution in [0.25, 0.3) is 0 Å². The van der Waals surface area contributed by atoms with Crippen molar-refractivity contribution in [1.29, 1.82) is 0 Å². The van der Waals surface area contributed by atoms with Gasteiger partial charge in [0.15, 0.2) is 0 Å². The fourth-order valence-electron chi connectivity index (χ4n) is 1.38. The molecule has 0 spiro atoms. The zero-order valence-corrected chi connectivity index (χ0v) is 7.06. The highest BCUT2D eigenvalue weighted by Crippen LogP contribution is 2.08. The highest BCUT2D eigenvalue weighted by molar-refractivity contribution is 4.98. The van der Waals surface area contributed by atoms with Gasteiger partial charge in [-0.1, -0.05) is 11.6 Å². The molecule has 0 aromatic rings. The summed E-state index contributed by atoms with van der Waals surface area (Å²) in [5.41, 5.74) is 1.50. The van der Waals surface area contributed by atoms with Crippen molar-refractivity contribution in [3.8, 4) is 0 Å². The molecular weight excluding hydrogens is 122 g/mol. The maximum atomic E-state index is 2.52. The molecule has 10 heavy (non-hydrogen) atoms. The Labute approximate surface area is 63.7 Å². The summed E-state index contributed by atoms with van der Waals surface area (Å²) in [5.74, 6) is 0. The fraction of sp³-hybridized carbons (Fsp3) is 0.778. The molecule has 0 saturated carbocycles. The summed E-state index contributed by atoms with van der Waals surface area (Å²) in [6.07, 6.45) is 5.01. The van der Waals surface area contributed by atoms with E-state index in [-0.39, 0.29) is 0 Å². The topological polar surface area (TPSA) is 3.24 Å². The predicted molar refractivity (Wildman–Crippen MR) is 45.1 cm³/mol. The molecule has 1 heterocycles. The highest BCUT2D eigenvalue weighted by Gasteiger charge is 2.10. The van der Waals surface area contributed by atoms with E-state index in [9.17, 15) is 0 Å². The van der Waals surface area contributed by atoms with Gasteiger partial charge in [-0.3, -0.25) is 4.90 Å². The number of hydrogen-bond acceptors (Lipinski definition) is 1. The van der Waals surface area contributed by atoms with Crippen molar-refractivity contribution < 1.29 is 0 Å². The van der Waals surface area contributed by atoms with Crippen LogP contribution < -0.4 is 0 Å². The highest BCUT2D eigenvalue weighted by atomic mass is 15.1. The van der Waals surface area contributed by atoms with E-state index in [4.69, 9.17) is 0 Å². The van der Waals surface area contributed by atoms with Crippen molar-refractivity contribution >= 4 is 0 Å². The van der Waals surface area contributed by atoms with Crippen molar-refractivity contribution in [2.75, 3.05) is 19.6 Å². The largest absolute Gasteiger partial charge is 0.299 e. The molecule has 0 N–H and O–H groups in total. The molecule has 1 fully saturated rings. The summed E-state index contributed by atoms with van der Waals surface area (Å²) in [7, 11) is 0. The lowest BCUT2D eigenvalue weighted by atomic mass is 10.3. The second-order valence-electron chi connectivity index (χ2n) is 3.12. The summed E-state index contributed by atoms with van der Waals surface area (Å²) in [6, 6.07) is 0. The third kappa shape index (κ3) is 2.14. The van der Waals surface area contributed by atoms with E-state index in [1.165, 1.54) is 38.0 Å². The van der Waals surface area contributed by atoms with Crippen LogP contribution in [0.2, 0.25) is 0 Å². The van der Waals surface area contributed by atoms with Gasteiger partial charge in [-0.05, 0) is 39.8 Å². The molecule has 0 amide bonds. The van der Waals surface area contributed by atoms with Crippen LogP contribution in [0.3, 0.4) is 0 Å². The van der Waals surface area contributed by atoms with Crippen molar-refractivity contribution in [2.45, 2.75) is 26.7 Å². The van der Waals surface area contributed by atoms with E-state index in [1.807, 2.05) is 0 Å². The molecule has 0 radical (unpaired) electrons. The van der Waals surface area contributed by atoms with E-state index in [2.05, 4.69) is 24.8 Å². The Balaban J connectivity index is 2.24. The number of hydrogen-bond donors (Lipinski definition) is 0. The summed E-state index contributed by atoms with van der Waals surface area (Å²) in [6.45, 7) is 8.14. The van der Waals surface area contributed by atoms with Crippen LogP contribution in [0.15, 0.2) is 11.6 Å². The van der Waals surface area contributed by atoms with Gasteiger partial charge in [0.1, 0.15) is 0 Å². The van der Waals surface area contributed by atoms with E-state index in [0.717, 1.165) is 0 Å². The molecule has 1 rings (SSSR count). The van der Waals surface area contributed by atoms with Crippen LogP contribution in [-0.4, -0.2) is 24.5 Å². The Morgan fingerprint density at radius 1 is 1.40 bits per heavy atom. The zero-order valence-electron chi connectivity index (χ0n) is 7.06. The first-order chi connectivity index (χ1) is 4.83. The third-order valence-corrected chi connectivity index (χ3v) is 2.16. The van der Waals surface area contributed by atoms with Crippen LogP contribution in [0.4, 0.5) is 0 Å². The van der Waals surface area contributed by atoms with E-state index in [0.29, 0.717) is 0 Å². The van der Waals surface area contributed by atoms with Crippen molar-refractivity contribution in [3.05, 3.63) is 11.6 Å². The Morgan fingerprint density at radius 3 is 2.50 bits per heavy atom. The van der Waals surface area contributed by atoms with E-state index < -0.39 is 0 Å². The molecule has 0 atom stereocenters. The molecule has 0 bridgehead atoms. The van der Waals surface area contributed by atoms with Crippen LogP contribution >= 0.6 is 0 Å². The van der Waals surface area contributed by atoms with Gasteiger partial charge in [0.05, 0.1) is 0 Å². The second kappa shape index (κ2) is 3.77. The first-order valence-electron chi connectivity index (χ1n) is 4.17. The first kappa shape index (κ1) is 7.80. The normalized spacial score (nSPS) is 22.0. The number of rotatable bonds is 2. The van der Waals surface area contributed by atoms with E-state index in [1.54, 1.807) is 0 Å². The summed E-state index contributed by atoms with van der Waals surface area (Å²) < 4.78 is 0. The minimum atomic E-state index is 1.19. The van der Waals surface area contributed by atoms with Gasteiger partial charge in [-0.2, -0.15) is 0 Å². The molecule has 58 valence electrons. The smallest absolute Gasteiger partial charge is 0.0189 e. The molecular formula is C9H17N. The fourth-order valence-corrected chi connectivity index (χ4v) is 1.38. The lowest BCUT2D eigenvalue weighted by Crippen LogP contribution is -2.20. The minimum Gasteiger partial charge on any atom is -0.299 e. The average molecular weight is 139 g/mol. The predicted octanol–water partition coefficient (Wildman–Crippen LogP) is 2.05. The molecule has 1 saturated heterocycles. The lowest BCUT2D eigenvalue weighted by molar-refractivity contribution is 0.368. The SMILES string of the molecule is C/C=C(\C)CN1CCCC1. The zero-order chi connectivity index (χ0) is 7.40. The summed E-state index contributed by atoms with van der Waals surface area (Å²) in [4.78, 5) is 2.52. The van der Waals surface area contributed by atoms with Gasteiger partial charge in [-0.15, -0.1) is 0 Å². The Bertz CT molecular complexity index is 121. The summed E-state index contributed by atoms with van der Waals surface area (Å²) in [5, 5.41) is 0. The minimum absolute atomic E-state index is 1.19. The Morgan fingerprint density at radius 2 is 2.00 bits per heavy atom. The third-order valence-electron chi connectivity index (χ3n) is 2.16. The van der Waals surface area contributed by atoms with Gasteiger partial charge in [0, 0.05) is 6.54 Å². The Kier molecular flexibility index (Phi) is 2.94. The van der Waals surface area contributed by atoms with Gasteiger partial charge < -0.3 is 0 Å². The summed E-state index contributed by atoms with van der Waals surface area (Å²) >= 11 is 0. The molecule has 1 heteroatoms. The van der Waals surface area contributed by atoms with Gasteiger partial charge in [0.25, 0.3) is 0 Å². The van der Waals surface area contributed by atoms with Crippen LogP contribution in [0.5, 0.6) is 0 Å². The quantitative estimate of drug-likeness (QED) is 0.529. The maximum absolute atomic E-state index is 2.52. The van der Waals surface area contributed by atoms with E-state index >= 15 is 0 Å². The van der Waals surface area contributed by atoms with Crippen LogP contribution in [0, 0.1) is 0 Å². The van der Waals surface area contributed by atoms with Crippen LogP contribution in [-0.2, 0) is 0 Å². The number of likely N-dealkylation sites (tertiary alicyclic amines) is 1. The van der Waals surface area contributed by atoms with Gasteiger partial charge in [0.2, 0.25) is 0 Å². The van der Waals surface area contributed by atoms with Crippen LogP contribution in [0.1, 0.15) is 26.7 Å². The molecule has 0 aliphatic carbocycles. The molecule has 1 nitrogen and oxygen atoms in total. The molecule has 1 aliphatic heterocycles.